The molecule has 0 bridgehead atoms. The molecule has 0 atom stereocenters. The molecule has 1 aromatic heterocycles. The van der Waals surface area contributed by atoms with Crippen LogP contribution in [0.15, 0.2) is 29.1 Å². The van der Waals surface area contributed by atoms with Crippen LogP contribution in [0.5, 0.6) is 0 Å². The van der Waals surface area contributed by atoms with Gasteiger partial charge in [0.15, 0.2) is 0 Å². The number of para-hydroxylation sites is 2. The molecule has 1 N–H and O–H groups in total. The van der Waals surface area contributed by atoms with Crippen molar-refractivity contribution >= 4 is 16.9 Å². The summed E-state index contributed by atoms with van der Waals surface area (Å²) in [5.41, 5.74) is 1.71. The van der Waals surface area contributed by atoms with Crippen LogP contribution in [0.4, 0.5) is 0 Å². The zero-order chi connectivity index (χ0) is 15.2. The number of hydrogen-bond acceptors (Lipinski definition) is 2. The number of amides is 1. The first-order chi connectivity index (χ1) is 10.2. The fourth-order valence-electron chi connectivity index (χ4n) is 2.38. The summed E-state index contributed by atoms with van der Waals surface area (Å²) in [6, 6.07) is 7.65. The highest BCUT2D eigenvalue weighted by Gasteiger charge is 2.12. The van der Waals surface area contributed by atoms with Gasteiger partial charge >= 0.3 is 5.69 Å². The van der Waals surface area contributed by atoms with E-state index in [-0.39, 0.29) is 24.6 Å². The minimum Gasteiger partial charge on any atom is -0.345 e. The van der Waals surface area contributed by atoms with Crippen molar-refractivity contribution in [2.45, 2.75) is 32.9 Å². The molecule has 0 fully saturated rings. The van der Waals surface area contributed by atoms with Gasteiger partial charge < -0.3 is 5.32 Å². The highest BCUT2D eigenvalue weighted by atomic mass is 16.2. The minimum atomic E-state index is -0.146. The van der Waals surface area contributed by atoms with Gasteiger partial charge in [-0.25, -0.2) is 4.79 Å². The van der Waals surface area contributed by atoms with Crippen LogP contribution in [0.1, 0.15) is 19.8 Å². The first-order valence-corrected chi connectivity index (χ1v) is 7.07. The molecule has 0 spiro atoms. The Bertz CT molecular complexity index is 734. The molecule has 21 heavy (non-hydrogen) atoms. The Kier molecular flexibility index (Phi) is 4.83. The summed E-state index contributed by atoms with van der Waals surface area (Å²) < 4.78 is 3.41. The van der Waals surface area contributed by atoms with Crippen molar-refractivity contribution < 1.29 is 4.79 Å². The van der Waals surface area contributed by atoms with E-state index < -0.39 is 0 Å². The zero-order valence-electron chi connectivity index (χ0n) is 12.1. The third kappa shape index (κ3) is 3.16. The molecule has 2 rings (SSSR count). The van der Waals surface area contributed by atoms with E-state index >= 15 is 0 Å². The number of carbonyl (C=O) groups excluding carboxylic acids is 1. The molecule has 1 aromatic carbocycles. The maximum atomic E-state index is 12.5. The van der Waals surface area contributed by atoms with Crippen LogP contribution in [0.2, 0.25) is 0 Å². The molecular weight excluding hydrogens is 266 g/mol. The average molecular weight is 285 g/mol. The highest BCUT2D eigenvalue weighted by molar-refractivity contribution is 5.78. The molecule has 2 aromatic rings. The van der Waals surface area contributed by atoms with Gasteiger partial charge in [0.05, 0.1) is 17.6 Å². The number of aromatic nitrogens is 2. The standard InChI is InChI=1S/C16H19N3O2/c1-3-10-17-15(20)9-12-19-14-8-6-5-7-13(14)18(11-4-2)16(19)21/h1,5-8H,4,9-12H2,2H3,(H,17,20). The SMILES string of the molecule is C#CCNC(=O)CCn1c(=O)n(CCC)c2ccccc21. The maximum absolute atomic E-state index is 12.5. The Labute approximate surface area is 123 Å². The summed E-state index contributed by atoms with van der Waals surface area (Å²) in [5.74, 6) is 2.21. The number of carbonyl (C=O) groups is 1. The molecule has 0 saturated carbocycles. The molecule has 0 radical (unpaired) electrons. The summed E-state index contributed by atoms with van der Waals surface area (Å²) in [6.07, 6.45) is 6.22. The van der Waals surface area contributed by atoms with E-state index in [1.54, 1.807) is 9.13 Å². The quantitative estimate of drug-likeness (QED) is 0.815. The molecule has 5 heteroatoms. The monoisotopic (exact) mass is 285 g/mol. The van der Waals surface area contributed by atoms with Crippen LogP contribution in [-0.2, 0) is 17.9 Å². The fraction of sp³-hybridized carbons (Fsp3) is 0.375. The summed E-state index contributed by atoms with van der Waals surface area (Å²) in [7, 11) is 0. The van der Waals surface area contributed by atoms with Crippen molar-refractivity contribution in [2.24, 2.45) is 0 Å². The number of terminal acetylenes is 1. The van der Waals surface area contributed by atoms with Gasteiger partial charge in [0.1, 0.15) is 0 Å². The normalized spacial score (nSPS) is 10.5. The van der Waals surface area contributed by atoms with Crippen LogP contribution in [0.25, 0.3) is 11.0 Å². The van der Waals surface area contributed by atoms with Crippen molar-refractivity contribution in [1.82, 2.24) is 14.5 Å². The lowest BCUT2D eigenvalue weighted by molar-refractivity contribution is -0.121. The predicted molar refractivity (Wildman–Crippen MR) is 82.9 cm³/mol. The van der Waals surface area contributed by atoms with E-state index in [0.29, 0.717) is 13.1 Å². The molecule has 1 heterocycles. The number of hydrogen-bond donors (Lipinski definition) is 1. The second kappa shape index (κ2) is 6.80. The van der Waals surface area contributed by atoms with Crippen molar-refractivity contribution in [3.63, 3.8) is 0 Å². The van der Waals surface area contributed by atoms with E-state index in [2.05, 4.69) is 11.2 Å². The van der Waals surface area contributed by atoms with Gasteiger partial charge in [0.25, 0.3) is 0 Å². The summed E-state index contributed by atoms with van der Waals surface area (Å²) in [6.45, 7) is 3.28. The Hall–Kier alpha value is -2.48. The second-order valence-electron chi connectivity index (χ2n) is 4.81. The van der Waals surface area contributed by atoms with Gasteiger partial charge in [0.2, 0.25) is 5.91 Å². The molecule has 0 aliphatic rings. The first-order valence-electron chi connectivity index (χ1n) is 7.07. The van der Waals surface area contributed by atoms with Gasteiger partial charge in [-0.2, -0.15) is 0 Å². The third-order valence-corrected chi connectivity index (χ3v) is 3.32. The largest absolute Gasteiger partial charge is 0.345 e. The van der Waals surface area contributed by atoms with E-state index in [4.69, 9.17) is 6.42 Å². The van der Waals surface area contributed by atoms with Crippen molar-refractivity contribution in [1.29, 1.82) is 0 Å². The highest BCUT2D eigenvalue weighted by Crippen LogP contribution is 2.13. The molecular formula is C16H19N3O2. The van der Waals surface area contributed by atoms with Gasteiger partial charge in [-0.05, 0) is 18.6 Å². The molecule has 0 unspecified atom stereocenters. The Morgan fingerprint density at radius 2 is 1.86 bits per heavy atom. The van der Waals surface area contributed by atoms with Crippen LogP contribution < -0.4 is 11.0 Å². The number of imidazole rings is 1. The summed E-state index contributed by atoms with van der Waals surface area (Å²) in [4.78, 5) is 24.1. The number of nitrogens with zero attached hydrogens (tertiary/aromatic N) is 2. The number of aryl methyl sites for hydroxylation is 2. The van der Waals surface area contributed by atoms with Crippen molar-refractivity contribution in [3.05, 3.63) is 34.7 Å². The van der Waals surface area contributed by atoms with Crippen molar-refractivity contribution in [2.75, 3.05) is 6.54 Å². The summed E-state index contributed by atoms with van der Waals surface area (Å²) >= 11 is 0. The fourth-order valence-corrected chi connectivity index (χ4v) is 2.38. The third-order valence-electron chi connectivity index (χ3n) is 3.32. The van der Waals surface area contributed by atoms with E-state index in [1.807, 2.05) is 31.2 Å². The van der Waals surface area contributed by atoms with Crippen LogP contribution >= 0.6 is 0 Å². The van der Waals surface area contributed by atoms with E-state index in [9.17, 15) is 9.59 Å². The zero-order valence-corrected chi connectivity index (χ0v) is 12.1. The Balaban J connectivity index is 2.28. The lowest BCUT2D eigenvalue weighted by Crippen LogP contribution is -2.28. The van der Waals surface area contributed by atoms with E-state index in [1.165, 1.54) is 0 Å². The molecule has 1 amide bonds. The lowest BCUT2D eigenvalue weighted by Gasteiger charge is -2.03. The maximum Gasteiger partial charge on any atom is 0.329 e. The Morgan fingerprint density at radius 3 is 2.43 bits per heavy atom. The van der Waals surface area contributed by atoms with Gasteiger partial charge in [-0.3, -0.25) is 13.9 Å². The van der Waals surface area contributed by atoms with Gasteiger partial charge in [0, 0.05) is 19.5 Å². The molecule has 5 nitrogen and oxygen atoms in total. The second-order valence-corrected chi connectivity index (χ2v) is 4.81. The molecule has 110 valence electrons. The lowest BCUT2D eigenvalue weighted by atomic mass is 10.3. The number of nitrogens with one attached hydrogen (secondary N) is 1. The topological polar surface area (TPSA) is 56.0 Å². The number of fused-ring (bicyclic) bond motifs is 1. The molecule has 0 saturated heterocycles. The van der Waals surface area contributed by atoms with Crippen LogP contribution in [-0.4, -0.2) is 21.6 Å². The van der Waals surface area contributed by atoms with Crippen molar-refractivity contribution in [3.8, 4) is 12.3 Å². The number of benzene rings is 1. The van der Waals surface area contributed by atoms with Gasteiger partial charge in [-0.1, -0.05) is 25.0 Å². The first kappa shape index (κ1) is 14.9. The van der Waals surface area contributed by atoms with Gasteiger partial charge in [-0.15, -0.1) is 6.42 Å². The minimum absolute atomic E-state index is 0.0669. The number of rotatable bonds is 6. The smallest absolute Gasteiger partial charge is 0.329 e. The van der Waals surface area contributed by atoms with Crippen LogP contribution in [0.3, 0.4) is 0 Å². The Morgan fingerprint density at radius 1 is 1.24 bits per heavy atom. The van der Waals surface area contributed by atoms with E-state index in [0.717, 1.165) is 17.5 Å². The molecule has 0 aliphatic carbocycles. The predicted octanol–water partition coefficient (Wildman–Crippen LogP) is 1.35. The average Bonchev–Trinajstić information content (AvgIpc) is 2.76. The molecule has 0 aliphatic heterocycles. The summed E-state index contributed by atoms with van der Waals surface area (Å²) in [5, 5.41) is 2.60. The van der Waals surface area contributed by atoms with Crippen LogP contribution in [0, 0.1) is 12.3 Å².